The van der Waals surface area contributed by atoms with Crippen LogP contribution in [0.1, 0.15) is 41.0 Å². The fourth-order valence-electron chi connectivity index (χ4n) is 2.01. The lowest BCUT2D eigenvalue weighted by Gasteiger charge is -2.36. The molecule has 0 aliphatic rings. The highest BCUT2D eigenvalue weighted by molar-refractivity contribution is 7.70. The Hall–Kier alpha value is 0.780. The second-order valence-electron chi connectivity index (χ2n) is 3.92. The molecule has 4 heteroatoms. The highest BCUT2D eigenvalue weighted by Crippen LogP contribution is 2.55. The molecule has 0 saturated heterocycles. The Balaban J connectivity index is 4.27. The van der Waals surface area contributed by atoms with Crippen LogP contribution in [0.4, 0.5) is 0 Å². The molecular weight excluding hydrogens is 248 g/mol. The van der Waals surface area contributed by atoms with Gasteiger partial charge in [0.1, 0.15) is 0 Å². The normalized spacial score (nSPS) is 12.0. The molecule has 0 aromatic rings. The minimum Gasteiger partial charge on any atom is -0.382 e. The van der Waals surface area contributed by atoms with Crippen molar-refractivity contribution in [3.8, 4) is 0 Å². The Kier molecular flexibility index (Phi) is 12.4. The smallest absolute Gasteiger partial charge is 0.0478 e. The lowest BCUT2D eigenvalue weighted by molar-refractivity contribution is 0.143. The molecule has 0 aliphatic heterocycles. The Morgan fingerprint density at radius 2 is 1.29 bits per heavy atom. The summed E-state index contributed by atoms with van der Waals surface area (Å²) in [5.41, 5.74) is 0. The monoisotopic (exact) mass is 279 g/mol. The molecule has 0 N–H and O–H groups in total. The summed E-state index contributed by atoms with van der Waals surface area (Å²) >= 11 is 0. The first kappa shape index (κ1) is 17.8. The molecular formula is C13H31NOP2. The molecule has 2 nitrogen and oxygen atoms in total. The maximum absolute atomic E-state index is 5.47. The average Bonchev–Trinajstić information content (AvgIpc) is 2.36. The summed E-state index contributed by atoms with van der Waals surface area (Å²) in [6, 6.07) is 0. The van der Waals surface area contributed by atoms with Gasteiger partial charge in [-0.3, -0.25) is 4.44 Å². The molecule has 0 rings (SSSR count). The number of rotatable bonds is 11. The minimum atomic E-state index is 0.115. The van der Waals surface area contributed by atoms with E-state index in [0.29, 0.717) is 0 Å². The first-order chi connectivity index (χ1) is 8.24. The van der Waals surface area contributed by atoms with Crippen molar-refractivity contribution < 1.29 is 4.74 Å². The summed E-state index contributed by atoms with van der Waals surface area (Å²) in [4.78, 5) is 0. The maximum Gasteiger partial charge on any atom is 0.0478 e. The molecule has 0 saturated carbocycles. The largest absolute Gasteiger partial charge is 0.382 e. The molecule has 0 amide bonds. The number of hydrogen-bond donors (Lipinski definition) is 0. The van der Waals surface area contributed by atoms with Crippen LogP contribution in [0.2, 0.25) is 0 Å². The molecule has 0 radical (unpaired) electrons. The Morgan fingerprint density at radius 1 is 0.824 bits per heavy atom. The molecule has 0 aromatic carbocycles. The minimum absolute atomic E-state index is 0.115. The van der Waals surface area contributed by atoms with Crippen LogP contribution in [-0.4, -0.2) is 48.8 Å². The van der Waals surface area contributed by atoms with Gasteiger partial charge in [-0.1, -0.05) is 27.7 Å². The lowest BCUT2D eigenvalue weighted by atomic mass is 10.5. The van der Waals surface area contributed by atoms with Gasteiger partial charge in [0.05, 0.1) is 0 Å². The van der Waals surface area contributed by atoms with E-state index < -0.39 is 0 Å². The van der Waals surface area contributed by atoms with Crippen molar-refractivity contribution in [1.29, 1.82) is 0 Å². The van der Waals surface area contributed by atoms with Crippen LogP contribution in [0.3, 0.4) is 0 Å². The zero-order valence-electron chi connectivity index (χ0n) is 12.4. The predicted molar refractivity (Wildman–Crippen MR) is 83.8 cm³/mol. The summed E-state index contributed by atoms with van der Waals surface area (Å²) in [6.07, 6.45) is 6.59. The van der Waals surface area contributed by atoms with Gasteiger partial charge in [-0.25, -0.2) is 0 Å². The Labute approximate surface area is 111 Å². The maximum atomic E-state index is 5.47. The Morgan fingerprint density at radius 3 is 1.65 bits per heavy atom. The van der Waals surface area contributed by atoms with Gasteiger partial charge in [0.15, 0.2) is 0 Å². The summed E-state index contributed by atoms with van der Waals surface area (Å²) in [6.45, 7) is 14.5. The van der Waals surface area contributed by atoms with Crippen molar-refractivity contribution in [2.24, 2.45) is 0 Å². The van der Waals surface area contributed by atoms with Gasteiger partial charge < -0.3 is 4.74 Å². The van der Waals surface area contributed by atoms with E-state index in [9.17, 15) is 0 Å². The zero-order valence-corrected chi connectivity index (χ0v) is 14.2. The van der Waals surface area contributed by atoms with Gasteiger partial charge in [0.25, 0.3) is 0 Å². The summed E-state index contributed by atoms with van der Waals surface area (Å²) < 4.78 is 8.32. The molecule has 0 fully saturated rings. The first-order valence-corrected chi connectivity index (χ1v) is 10.4. The standard InChI is InChI=1S/C13H31NOP2/c1-6-15-13-11-12-14(16(7-2)8-3)17(9-4)10-5/h6-13H2,1-5H3. The van der Waals surface area contributed by atoms with Crippen molar-refractivity contribution in [2.75, 3.05) is 44.4 Å². The van der Waals surface area contributed by atoms with Gasteiger partial charge in [-0.15, -0.1) is 0 Å². The van der Waals surface area contributed by atoms with Crippen molar-refractivity contribution in [3.05, 3.63) is 0 Å². The van der Waals surface area contributed by atoms with Crippen molar-refractivity contribution in [2.45, 2.75) is 41.0 Å². The highest BCUT2D eigenvalue weighted by Gasteiger charge is 2.20. The lowest BCUT2D eigenvalue weighted by Crippen LogP contribution is -2.19. The van der Waals surface area contributed by atoms with Crippen LogP contribution in [0.5, 0.6) is 0 Å². The first-order valence-electron chi connectivity index (χ1n) is 7.09. The summed E-state index contributed by atoms with van der Waals surface area (Å²) in [5.74, 6) is 0. The van der Waals surface area contributed by atoms with Crippen LogP contribution in [0.25, 0.3) is 0 Å². The third-order valence-corrected chi connectivity index (χ3v) is 9.11. The molecule has 0 unspecified atom stereocenters. The fourth-order valence-corrected chi connectivity index (χ4v) is 8.01. The number of nitrogens with zero attached hydrogens (tertiary/aromatic N) is 1. The highest BCUT2D eigenvalue weighted by atomic mass is 31.2. The molecule has 0 atom stereocenters. The van der Waals surface area contributed by atoms with E-state index in [1.807, 2.05) is 0 Å². The van der Waals surface area contributed by atoms with Crippen LogP contribution >= 0.6 is 16.1 Å². The van der Waals surface area contributed by atoms with Gasteiger partial charge in [0.2, 0.25) is 0 Å². The summed E-state index contributed by atoms with van der Waals surface area (Å²) in [7, 11) is 0.230. The molecule has 104 valence electrons. The molecule has 0 heterocycles. The topological polar surface area (TPSA) is 12.5 Å². The summed E-state index contributed by atoms with van der Waals surface area (Å²) in [5, 5.41) is 0. The van der Waals surface area contributed by atoms with Gasteiger partial charge in [0, 0.05) is 19.8 Å². The zero-order chi connectivity index (χ0) is 13.1. The van der Waals surface area contributed by atoms with E-state index in [2.05, 4.69) is 39.1 Å². The Bertz CT molecular complexity index is 149. The number of ether oxygens (including phenoxy) is 1. The van der Waals surface area contributed by atoms with E-state index in [-0.39, 0.29) is 16.1 Å². The third-order valence-electron chi connectivity index (χ3n) is 2.96. The molecule has 0 spiro atoms. The SMILES string of the molecule is CCOCCCN(P(CC)CC)P(CC)CC. The van der Waals surface area contributed by atoms with Crippen LogP contribution in [-0.2, 0) is 4.74 Å². The average molecular weight is 279 g/mol. The number of hydrogen-bond acceptors (Lipinski definition) is 2. The van der Waals surface area contributed by atoms with Crippen LogP contribution in [0, 0.1) is 0 Å². The molecule has 0 bridgehead atoms. The van der Waals surface area contributed by atoms with Gasteiger partial charge >= 0.3 is 0 Å². The van der Waals surface area contributed by atoms with Crippen molar-refractivity contribution in [3.63, 3.8) is 0 Å². The third kappa shape index (κ3) is 7.06. The van der Waals surface area contributed by atoms with Crippen LogP contribution < -0.4 is 0 Å². The molecule has 17 heavy (non-hydrogen) atoms. The van der Waals surface area contributed by atoms with Gasteiger partial charge in [-0.05, 0) is 54.1 Å². The predicted octanol–water partition coefficient (Wildman–Crippen LogP) is 4.59. The van der Waals surface area contributed by atoms with E-state index in [4.69, 9.17) is 4.74 Å². The van der Waals surface area contributed by atoms with Crippen LogP contribution in [0.15, 0.2) is 0 Å². The van der Waals surface area contributed by atoms with Crippen molar-refractivity contribution >= 4 is 16.1 Å². The van der Waals surface area contributed by atoms with E-state index in [1.54, 1.807) is 0 Å². The second kappa shape index (κ2) is 11.8. The molecule has 0 aromatic heterocycles. The van der Waals surface area contributed by atoms with Gasteiger partial charge in [-0.2, -0.15) is 0 Å². The quantitative estimate of drug-likeness (QED) is 0.405. The van der Waals surface area contributed by atoms with E-state index >= 15 is 0 Å². The van der Waals surface area contributed by atoms with E-state index in [0.717, 1.165) is 13.2 Å². The van der Waals surface area contributed by atoms with E-state index in [1.165, 1.54) is 37.6 Å². The van der Waals surface area contributed by atoms with Crippen molar-refractivity contribution in [1.82, 2.24) is 4.44 Å². The fraction of sp³-hybridized carbons (Fsp3) is 1.00. The molecule has 0 aliphatic carbocycles. The second-order valence-corrected chi connectivity index (χ2v) is 9.76.